The number of rotatable bonds is 4. The van der Waals surface area contributed by atoms with Crippen LogP contribution >= 0.6 is 0 Å². The SMILES string of the molecule is CCCOc1cc(-n2cnc3ccccc32)ccc1N. The number of benzene rings is 2. The van der Waals surface area contributed by atoms with E-state index in [-0.39, 0.29) is 0 Å². The van der Waals surface area contributed by atoms with Crippen molar-refractivity contribution in [3.63, 3.8) is 0 Å². The molecular weight excluding hydrogens is 250 g/mol. The molecule has 0 saturated heterocycles. The zero-order chi connectivity index (χ0) is 13.9. The van der Waals surface area contributed by atoms with Crippen LogP contribution in [0.4, 0.5) is 5.69 Å². The van der Waals surface area contributed by atoms with E-state index >= 15 is 0 Å². The number of nitrogen functional groups attached to an aromatic ring is 1. The maximum absolute atomic E-state index is 5.95. The Bertz CT molecular complexity index is 733. The predicted molar refractivity (Wildman–Crippen MR) is 81.3 cm³/mol. The lowest BCUT2D eigenvalue weighted by Gasteiger charge is -2.11. The van der Waals surface area contributed by atoms with E-state index in [1.54, 1.807) is 0 Å². The Labute approximate surface area is 117 Å². The monoisotopic (exact) mass is 267 g/mol. The summed E-state index contributed by atoms with van der Waals surface area (Å²) in [6.45, 7) is 2.74. The average molecular weight is 267 g/mol. The molecule has 4 heteroatoms. The standard InChI is InChI=1S/C16H17N3O/c1-2-9-20-16-10-12(7-8-13(16)17)19-11-18-14-5-3-4-6-15(14)19/h3-8,10-11H,2,9,17H2,1H3. The number of hydrogen-bond donors (Lipinski definition) is 1. The van der Waals surface area contributed by atoms with Gasteiger partial charge in [-0.05, 0) is 30.7 Å². The minimum absolute atomic E-state index is 0.659. The van der Waals surface area contributed by atoms with Crippen molar-refractivity contribution in [3.05, 3.63) is 48.8 Å². The molecule has 0 atom stereocenters. The van der Waals surface area contributed by atoms with Crippen LogP contribution in [0, 0.1) is 0 Å². The summed E-state index contributed by atoms with van der Waals surface area (Å²) in [4.78, 5) is 4.40. The van der Waals surface area contributed by atoms with E-state index in [1.165, 1.54) is 0 Å². The van der Waals surface area contributed by atoms with Gasteiger partial charge in [-0.2, -0.15) is 0 Å². The van der Waals surface area contributed by atoms with E-state index in [4.69, 9.17) is 10.5 Å². The van der Waals surface area contributed by atoms with Crippen LogP contribution in [-0.4, -0.2) is 16.2 Å². The lowest BCUT2D eigenvalue weighted by atomic mass is 10.2. The highest BCUT2D eigenvalue weighted by Crippen LogP contribution is 2.27. The van der Waals surface area contributed by atoms with E-state index in [2.05, 4.69) is 11.9 Å². The minimum Gasteiger partial charge on any atom is -0.491 e. The number of hydrogen-bond acceptors (Lipinski definition) is 3. The van der Waals surface area contributed by atoms with Gasteiger partial charge in [-0.25, -0.2) is 4.98 Å². The number of nitrogens with two attached hydrogens (primary N) is 1. The molecule has 3 aromatic rings. The van der Waals surface area contributed by atoms with E-state index < -0.39 is 0 Å². The number of fused-ring (bicyclic) bond motifs is 1. The average Bonchev–Trinajstić information content (AvgIpc) is 2.90. The molecule has 0 saturated carbocycles. The first-order chi connectivity index (χ1) is 9.79. The Kier molecular flexibility index (Phi) is 3.29. The fraction of sp³-hybridized carbons (Fsp3) is 0.188. The third kappa shape index (κ3) is 2.20. The van der Waals surface area contributed by atoms with Crippen LogP contribution in [-0.2, 0) is 0 Å². The highest BCUT2D eigenvalue weighted by atomic mass is 16.5. The second-order valence-corrected chi connectivity index (χ2v) is 4.67. The van der Waals surface area contributed by atoms with Gasteiger partial charge in [-0.15, -0.1) is 0 Å². The fourth-order valence-corrected chi connectivity index (χ4v) is 2.17. The van der Waals surface area contributed by atoms with Crippen LogP contribution in [0.15, 0.2) is 48.8 Å². The van der Waals surface area contributed by atoms with Crippen molar-refractivity contribution < 1.29 is 4.74 Å². The fourth-order valence-electron chi connectivity index (χ4n) is 2.17. The maximum Gasteiger partial charge on any atom is 0.144 e. The first-order valence-corrected chi connectivity index (χ1v) is 6.74. The molecule has 20 heavy (non-hydrogen) atoms. The number of nitrogens with zero attached hydrogens (tertiary/aromatic N) is 2. The Morgan fingerprint density at radius 2 is 2.05 bits per heavy atom. The van der Waals surface area contributed by atoms with Gasteiger partial charge in [0.1, 0.15) is 12.1 Å². The van der Waals surface area contributed by atoms with Crippen molar-refractivity contribution in [2.24, 2.45) is 0 Å². The van der Waals surface area contributed by atoms with E-state index in [1.807, 2.05) is 53.4 Å². The van der Waals surface area contributed by atoms with Crippen molar-refractivity contribution in [1.82, 2.24) is 9.55 Å². The first-order valence-electron chi connectivity index (χ1n) is 6.74. The minimum atomic E-state index is 0.659. The molecule has 0 fully saturated rings. The molecule has 0 aliphatic carbocycles. The summed E-state index contributed by atoms with van der Waals surface area (Å²) < 4.78 is 7.71. The molecule has 2 N–H and O–H groups in total. The van der Waals surface area contributed by atoms with Crippen LogP contribution in [0.3, 0.4) is 0 Å². The van der Waals surface area contributed by atoms with Gasteiger partial charge >= 0.3 is 0 Å². The molecule has 1 aromatic heterocycles. The molecule has 0 bridgehead atoms. The molecule has 0 aliphatic rings. The summed E-state index contributed by atoms with van der Waals surface area (Å²) in [6, 6.07) is 13.8. The summed E-state index contributed by atoms with van der Waals surface area (Å²) in [7, 11) is 0. The summed E-state index contributed by atoms with van der Waals surface area (Å²) in [6.07, 6.45) is 2.78. The Morgan fingerprint density at radius 3 is 2.90 bits per heavy atom. The molecular formula is C16H17N3O. The number of anilines is 1. The molecule has 4 nitrogen and oxygen atoms in total. The van der Waals surface area contributed by atoms with Crippen molar-refractivity contribution in [3.8, 4) is 11.4 Å². The van der Waals surface area contributed by atoms with Crippen LogP contribution < -0.4 is 10.5 Å². The molecule has 0 aliphatic heterocycles. The molecule has 102 valence electrons. The zero-order valence-electron chi connectivity index (χ0n) is 11.4. The number of imidazole rings is 1. The predicted octanol–water partition coefficient (Wildman–Crippen LogP) is 3.40. The van der Waals surface area contributed by atoms with Gasteiger partial charge in [0, 0.05) is 6.07 Å². The van der Waals surface area contributed by atoms with Crippen molar-refractivity contribution in [2.75, 3.05) is 12.3 Å². The second-order valence-electron chi connectivity index (χ2n) is 4.67. The quantitative estimate of drug-likeness (QED) is 0.737. The van der Waals surface area contributed by atoms with Crippen molar-refractivity contribution >= 4 is 16.7 Å². The van der Waals surface area contributed by atoms with Gasteiger partial charge in [-0.3, -0.25) is 4.57 Å². The molecule has 0 radical (unpaired) electrons. The number of para-hydroxylation sites is 2. The number of ether oxygens (including phenoxy) is 1. The first kappa shape index (κ1) is 12.5. The maximum atomic E-state index is 5.95. The highest BCUT2D eigenvalue weighted by Gasteiger charge is 2.07. The summed E-state index contributed by atoms with van der Waals surface area (Å²) >= 11 is 0. The van der Waals surface area contributed by atoms with E-state index in [0.717, 1.165) is 28.9 Å². The van der Waals surface area contributed by atoms with Crippen molar-refractivity contribution in [2.45, 2.75) is 13.3 Å². The molecule has 2 aromatic carbocycles. The van der Waals surface area contributed by atoms with Gasteiger partial charge in [-0.1, -0.05) is 19.1 Å². The third-order valence-electron chi connectivity index (χ3n) is 3.19. The zero-order valence-corrected chi connectivity index (χ0v) is 11.4. The summed E-state index contributed by atoms with van der Waals surface area (Å²) in [5.41, 5.74) is 9.65. The summed E-state index contributed by atoms with van der Waals surface area (Å²) in [5.74, 6) is 0.724. The van der Waals surface area contributed by atoms with Gasteiger partial charge in [0.25, 0.3) is 0 Å². The Balaban J connectivity index is 2.05. The van der Waals surface area contributed by atoms with Crippen LogP contribution in [0.1, 0.15) is 13.3 Å². The van der Waals surface area contributed by atoms with Gasteiger partial charge in [0.2, 0.25) is 0 Å². The lowest BCUT2D eigenvalue weighted by molar-refractivity contribution is 0.319. The highest BCUT2D eigenvalue weighted by molar-refractivity contribution is 5.77. The molecule has 1 heterocycles. The van der Waals surface area contributed by atoms with Crippen LogP contribution in [0.25, 0.3) is 16.7 Å². The van der Waals surface area contributed by atoms with Crippen molar-refractivity contribution in [1.29, 1.82) is 0 Å². The molecule has 0 unspecified atom stereocenters. The van der Waals surface area contributed by atoms with Crippen LogP contribution in [0.5, 0.6) is 5.75 Å². The lowest BCUT2D eigenvalue weighted by Crippen LogP contribution is -2.01. The van der Waals surface area contributed by atoms with Gasteiger partial charge in [0.05, 0.1) is 29.0 Å². The largest absolute Gasteiger partial charge is 0.491 e. The number of aromatic nitrogens is 2. The van der Waals surface area contributed by atoms with Crippen LogP contribution in [0.2, 0.25) is 0 Å². The summed E-state index contributed by atoms with van der Waals surface area (Å²) in [5, 5.41) is 0. The normalized spacial score (nSPS) is 10.8. The molecule has 0 amide bonds. The molecule has 3 rings (SSSR count). The second kappa shape index (κ2) is 5.25. The third-order valence-corrected chi connectivity index (χ3v) is 3.19. The molecule has 0 spiro atoms. The van der Waals surface area contributed by atoms with E-state index in [0.29, 0.717) is 12.3 Å². The van der Waals surface area contributed by atoms with Gasteiger partial charge in [0.15, 0.2) is 0 Å². The topological polar surface area (TPSA) is 53.1 Å². The Morgan fingerprint density at radius 1 is 1.20 bits per heavy atom. The smallest absolute Gasteiger partial charge is 0.144 e. The Hall–Kier alpha value is -2.49. The van der Waals surface area contributed by atoms with Gasteiger partial charge < -0.3 is 10.5 Å². The van der Waals surface area contributed by atoms with E-state index in [9.17, 15) is 0 Å².